The van der Waals surface area contributed by atoms with E-state index in [4.69, 9.17) is 9.47 Å². The molecule has 0 unspecified atom stereocenters. The molecule has 0 heterocycles. The van der Waals surface area contributed by atoms with Crippen molar-refractivity contribution in [1.82, 2.24) is 4.90 Å². The van der Waals surface area contributed by atoms with Crippen LogP contribution < -0.4 is 14.8 Å². The minimum atomic E-state index is -0.549. The van der Waals surface area contributed by atoms with Crippen molar-refractivity contribution in [3.63, 3.8) is 0 Å². The van der Waals surface area contributed by atoms with E-state index in [2.05, 4.69) is 10.1 Å². The average molecular weight is 418 g/mol. The third-order valence-corrected chi connectivity index (χ3v) is 4.73. The van der Waals surface area contributed by atoms with Gasteiger partial charge in [0.1, 0.15) is 0 Å². The van der Waals surface area contributed by atoms with Crippen LogP contribution in [-0.4, -0.2) is 56.9 Å². The molecule has 9 heteroatoms. The highest BCUT2D eigenvalue weighted by molar-refractivity contribution is 8.13. The van der Waals surface area contributed by atoms with Crippen molar-refractivity contribution in [2.24, 2.45) is 0 Å². The number of nitrogens with zero attached hydrogens (tertiary/aromatic N) is 1. The maximum Gasteiger partial charge on any atom is 0.343 e. The number of anilines is 1. The maximum absolute atomic E-state index is 12.5. The number of carbonyl (C=O) groups excluding carboxylic acids is 3. The summed E-state index contributed by atoms with van der Waals surface area (Å²) in [7, 11) is 6.08. The first-order valence-electron chi connectivity index (χ1n) is 8.52. The number of ether oxygens (including phenoxy) is 3. The largest absolute Gasteiger partial charge is 0.493 e. The fraction of sp³-hybridized carbons (Fsp3) is 0.250. The highest BCUT2D eigenvalue weighted by Gasteiger charge is 2.13. The Morgan fingerprint density at radius 2 is 1.69 bits per heavy atom. The number of nitrogens with one attached hydrogen (secondary N) is 1. The summed E-state index contributed by atoms with van der Waals surface area (Å²) in [6.45, 7) is -0.303. The summed E-state index contributed by atoms with van der Waals surface area (Å²) >= 11 is 1.10. The van der Waals surface area contributed by atoms with E-state index in [1.807, 2.05) is 0 Å². The number of methoxy groups -OCH3 is 2. The van der Waals surface area contributed by atoms with Gasteiger partial charge in [0, 0.05) is 30.2 Å². The lowest BCUT2D eigenvalue weighted by molar-refractivity contribution is -0.142. The van der Waals surface area contributed by atoms with Crippen LogP contribution in [0.25, 0.3) is 0 Å². The van der Waals surface area contributed by atoms with Crippen LogP contribution in [0.4, 0.5) is 10.5 Å². The molecule has 0 saturated heterocycles. The van der Waals surface area contributed by atoms with Gasteiger partial charge in [-0.05, 0) is 54.2 Å². The van der Waals surface area contributed by atoms with E-state index < -0.39 is 5.97 Å². The van der Waals surface area contributed by atoms with Crippen molar-refractivity contribution in [3.8, 4) is 11.5 Å². The summed E-state index contributed by atoms with van der Waals surface area (Å²) in [6, 6.07) is 11.6. The second-order valence-corrected chi connectivity index (χ2v) is 7.00. The Kier molecular flexibility index (Phi) is 7.90. The zero-order valence-corrected chi connectivity index (χ0v) is 17.4. The molecule has 2 amide bonds. The lowest BCUT2D eigenvalue weighted by Crippen LogP contribution is -2.16. The molecule has 8 nitrogen and oxygen atoms in total. The summed E-state index contributed by atoms with van der Waals surface area (Å²) in [5, 5.41) is 2.69. The Hall–Kier alpha value is -3.20. The summed E-state index contributed by atoms with van der Waals surface area (Å²) in [4.78, 5) is 37.8. The molecule has 154 valence electrons. The summed E-state index contributed by atoms with van der Waals surface area (Å²) < 4.78 is 15.1. The quantitative estimate of drug-likeness (QED) is 0.545. The molecule has 0 saturated carbocycles. The molecule has 2 rings (SSSR count). The van der Waals surface area contributed by atoms with Gasteiger partial charge in [-0.15, -0.1) is 0 Å². The van der Waals surface area contributed by atoms with Gasteiger partial charge in [0.05, 0.1) is 14.2 Å². The first kappa shape index (κ1) is 22.1. The Balaban J connectivity index is 2.08. The van der Waals surface area contributed by atoms with Crippen molar-refractivity contribution < 1.29 is 28.6 Å². The number of esters is 1. The number of rotatable bonds is 7. The molecule has 0 spiro atoms. The van der Waals surface area contributed by atoms with Crippen LogP contribution in [0.15, 0.2) is 47.4 Å². The third kappa shape index (κ3) is 6.42. The van der Waals surface area contributed by atoms with E-state index in [1.165, 1.54) is 25.2 Å². The van der Waals surface area contributed by atoms with Crippen molar-refractivity contribution in [2.45, 2.75) is 4.90 Å². The predicted octanol–water partition coefficient (Wildman–Crippen LogP) is 3.27. The molecule has 0 aliphatic rings. The second kappa shape index (κ2) is 10.4. The van der Waals surface area contributed by atoms with E-state index in [0.29, 0.717) is 17.0 Å². The van der Waals surface area contributed by atoms with Gasteiger partial charge in [-0.1, -0.05) is 0 Å². The number of carbonyl (C=O) groups is 3. The lowest BCUT2D eigenvalue weighted by Gasteiger charge is -2.12. The van der Waals surface area contributed by atoms with Crippen molar-refractivity contribution in [3.05, 3.63) is 48.0 Å². The Morgan fingerprint density at radius 3 is 2.28 bits per heavy atom. The Morgan fingerprint density at radius 1 is 1.00 bits per heavy atom. The van der Waals surface area contributed by atoms with Crippen LogP contribution in [0.5, 0.6) is 11.5 Å². The smallest absolute Gasteiger partial charge is 0.343 e. The van der Waals surface area contributed by atoms with Gasteiger partial charge >= 0.3 is 5.97 Å². The monoisotopic (exact) mass is 418 g/mol. The minimum absolute atomic E-state index is 0.0838. The Bertz CT molecular complexity index is 883. The first-order valence-corrected chi connectivity index (χ1v) is 9.34. The zero-order valence-electron chi connectivity index (χ0n) is 16.6. The summed E-state index contributed by atoms with van der Waals surface area (Å²) in [5.41, 5.74) is 0.899. The van der Waals surface area contributed by atoms with E-state index >= 15 is 0 Å². The molecule has 2 aromatic carbocycles. The van der Waals surface area contributed by atoms with E-state index in [1.54, 1.807) is 50.5 Å². The highest BCUT2D eigenvalue weighted by Crippen LogP contribution is 2.29. The molecule has 0 atom stereocenters. The van der Waals surface area contributed by atoms with Gasteiger partial charge in [0.2, 0.25) is 0 Å². The van der Waals surface area contributed by atoms with Gasteiger partial charge in [-0.25, -0.2) is 4.79 Å². The molecule has 0 radical (unpaired) electrons. The SMILES string of the molecule is COC(=O)COc1cc(C(=O)Nc2ccc(SC(=O)N(C)C)cc2)ccc1OC. The number of hydrogen-bond donors (Lipinski definition) is 1. The van der Waals surface area contributed by atoms with Crippen LogP contribution in [0.2, 0.25) is 0 Å². The molecule has 2 aromatic rings. The van der Waals surface area contributed by atoms with Crippen LogP contribution in [0.1, 0.15) is 10.4 Å². The number of benzene rings is 2. The minimum Gasteiger partial charge on any atom is -0.493 e. The van der Waals surface area contributed by atoms with Crippen LogP contribution in [-0.2, 0) is 9.53 Å². The fourth-order valence-corrected chi connectivity index (χ4v) is 2.78. The number of hydrogen-bond acceptors (Lipinski definition) is 7. The van der Waals surface area contributed by atoms with Crippen LogP contribution >= 0.6 is 11.8 Å². The Labute approximate surface area is 173 Å². The first-order chi connectivity index (χ1) is 13.8. The normalized spacial score (nSPS) is 10.1. The van der Waals surface area contributed by atoms with Gasteiger partial charge < -0.3 is 24.4 Å². The maximum atomic E-state index is 12.5. The molecule has 0 aliphatic carbocycles. The molecular formula is C20H22N2O6S. The average Bonchev–Trinajstić information content (AvgIpc) is 2.72. The second-order valence-electron chi connectivity index (χ2n) is 5.97. The molecule has 0 aliphatic heterocycles. The van der Waals surface area contributed by atoms with Crippen LogP contribution in [0, 0.1) is 0 Å². The van der Waals surface area contributed by atoms with Gasteiger partial charge in [-0.3, -0.25) is 9.59 Å². The van der Waals surface area contributed by atoms with Crippen molar-refractivity contribution in [2.75, 3.05) is 40.2 Å². The third-order valence-electron chi connectivity index (χ3n) is 3.68. The molecule has 0 fully saturated rings. The van der Waals surface area contributed by atoms with E-state index in [0.717, 1.165) is 16.7 Å². The van der Waals surface area contributed by atoms with Gasteiger partial charge in [-0.2, -0.15) is 0 Å². The summed E-state index contributed by atoms with van der Waals surface area (Å²) in [6.07, 6.45) is 0. The lowest BCUT2D eigenvalue weighted by atomic mass is 10.2. The zero-order chi connectivity index (χ0) is 21.4. The predicted molar refractivity (Wildman–Crippen MR) is 110 cm³/mol. The van der Waals surface area contributed by atoms with Crippen molar-refractivity contribution in [1.29, 1.82) is 0 Å². The summed E-state index contributed by atoms with van der Waals surface area (Å²) in [5.74, 6) is -0.273. The number of thioether (sulfide) groups is 1. The number of amides is 2. The highest BCUT2D eigenvalue weighted by atomic mass is 32.2. The van der Waals surface area contributed by atoms with Gasteiger partial charge in [0.25, 0.3) is 11.1 Å². The van der Waals surface area contributed by atoms with E-state index in [9.17, 15) is 14.4 Å². The van der Waals surface area contributed by atoms with Crippen molar-refractivity contribution >= 4 is 34.6 Å². The molecular weight excluding hydrogens is 396 g/mol. The van der Waals surface area contributed by atoms with Gasteiger partial charge in [0.15, 0.2) is 18.1 Å². The standard InChI is InChI=1S/C20H22N2O6S/c1-22(2)20(25)29-15-8-6-14(7-9-15)21-19(24)13-5-10-16(26-3)17(11-13)28-12-18(23)27-4/h5-11H,12H2,1-4H3,(H,21,24). The molecule has 1 N–H and O–H groups in total. The molecule has 29 heavy (non-hydrogen) atoms. The van der Waals surface area contributed by atoms with Crippen LogP contribution in [0.3, 0.4) is 0 Å². The molecule has 0 aromatic heterocycles. The van der Waals surface area contributed by atoms with E-state index in [-0.39, 0.29) is 23.5 Å². The molecule has 0 bridgehead atoms. The fourth-order valence-electron chi connectivity index (χ4n) is 2.13. The topological polar surface area (TPSA) is 94.2 Å².